The molecule has 0 saturated heterocycles. The van der Waals surface area contributed by atoms with Gasteiger partial charge in [0.05, 0.1) is 4.90 Å². The van der Waals surface area contributed by atoms with Gasteiger partial charge in [-0.1, -0.05) is 32.1 Å². The second-order valence-corrected chi connectivity index (χ2v) is 4.90. The van der Waals surface area contributed by atoms with Crippen LogP contribution >= 0.6 is 11.9 Å². The first-order chi connectivity index (χ1) is 9.26. The number of nitrogens with one attached hydrogen (secondary N) is 2. The number of rotatable bonds is 5. The Bertz CT molecular complexity index is 434. The first kappa shape index (κ1) is 15.6. The molecular formula is C15H22N2OS. The zero-order valence-corrected chi connectivity index (χ0v) is 12.6. The van der Waals surface area contributed by atoms with Gasteiger partial charge in [-0.2, -0.15) is 0 Å². The van der Waals surface area contributed by atoms with Crippen molar-refractivity contribution in [2.24, 2.45) is 11.8 Å². The predicted molar refractivity (Wildman–Crippen MR) is 83.1 cm³/mol. The molecule has 3 nitrogen and oxygen atoms in total. The first-order valence-electron chi connectivity index (χ1n) is 6.62. The molecule has 4 heteroatoms. The Labute approximate surface area is 120 Å². The Morgan fingerprint density at radius 1 is 1.42 bits per heavy atom. The molecule has 0 heterocycles. The molecule has 2 N–H and O–H groups in total. The van der Waals surface area contributed by atoms with Crippen LogP contribution in [0.1, 0.15) is 20.3 Å². The molecular weight excluding hydrogens is 256 g/mol. The highest BCUT2D eigenvalue weighted by molar-refractivity contribution is 7.98. The van der Waals surface area contributed by atoms with Gasteiger partial charge in [-0.3, -0.25) is 9.52 Å². The summed E-state index contributed by atoms with van der Waals surface area (Å²) in [4.78, 5) is 12.8. The van der Waals surface area contributed by atoms with Crippen LogP contribution in [0.5, 0.6) is 0 Å². The number of benzene rings is 1. The van der Waals surface area contributed by atoms with Crippen LogP contribution in [0.2, 0.25) is 0 Å². The minimum Gasteiger partial charge on any atom is -0.387 e. The van der Waals surface area contributed by atoms with E-state index in [2.05, 4.69) is 16.6 Å². The SMILES string of the molecule is C=CC1CC1C(=O)NSc1ccccc1NC.CC. The fourth-order valence-electron chi connectivity index (χ4n) is 1.72. The van der Waals surface area contributed by atoms with Gasteiger partial charge in [0.1, 0.15) is 0 Å². The van der Waals surface area contributed by atoms with Crippen molar-refractivity contribution in [3.8, 4) is 0 Å². The van der Waals surface area contributed by atoms with Gasteiger partial charge in [-0.05, 0) is 36.4 Å². The quantitative estimate of drug-likeness (QED) is 0.637. The van der Waals surface area contributed by atoms with E-state index >= 15 is 0 Å². The zero-order valence-electron chi connectivity index (χ0n) is 11.8. The molecule has 0 aliphatic heterocycles. The van der Waals surface area contributed by atoms with Crippen molar-refractivity contribution in [3.05, 3.63) is 36.9 Å². The highest BCUT2D eigenvalue weighted by Crippen LogP contribution is 2.40. The van der Waals surface area contributed by atoms with Crippen LogP contribution in [0.25, 0.3) is 0 Å². The molecule has 1 amide bonds. The minimum atomic E-state index is 0.103. The lowest BCUT2D eigenvalue weighted by atomic mass is 10.3. The van der Waals surface area contributed by atoms with E-state index in [1.807, 2.05) is 51.2 Å². The van der Waals surface area contributed by atoms with Crippen molar-refractivity contribution < 1.29 is 4.79 Å². The molecule has 1 aromatic carbocycles. The summed E-state index contributed by atoms with van der Waals surface area (Å²) in [6, 6.07) is 7.89. The van der Waals surface area contributed by atoms with Gasteiger partial charge in [0.15, 0.2) is 0 Å². The third-order valence-corrected chi connectivity index (χ3v) is 3.78. The molecule has 1 saturated carbocycles. The van der Waals surface area contributed by atoms with Crippen LogP contribution in [-0.4, -0.2) is 13.0 Å². The number of allylic oxidation sites excluding steroid dienone is 1. The van der Waals surface area contributed by atoms with Crippen LogP contribution < -0.4 is 10.0 Å². The Kier molecular flexibility index (Phi) is 6.50. The van der Waals surface area contributed by atoms with E-state index in [-0.39, 0.29) is 11.8 Å². The van der Waals surface area contributed by atoms with E-state index in [4.69, 9.17) is 0 Å². The molecule has 0 spiro atoms. The summed E-state index contributed by atoms with van der Waals surface area (Å²) in [7, 11) is 1.87. The fourth-order valence-corrected chi connectivity index (χ4v) is 2.51. The van der Waals surface area contributed by atoms with E-state index in [0.29, 0.717) is 5.92 Å². The van der Waals surface area contributed by atoms with Crippen molar-refractivity contribution in [3.63, 3.8) is 0 Å². The number of anilines is 1. The molecule has 2 unspecified atom stereocenters. The van der Waals surface area contributed by atoms with E-state index in [1.54, 1.807) is 0 Å². The third kappa shape index (κ3) is 4.31. The molecule has 2 rings (SSSR count). The largest absolute Gasteiger partial charge is 0.387 e. The van der Waals surface area contributed by atoms with Crippen LogP contribution in [0, 0.1) is 11.8 Å². The highest BCUT2D eigenvalue weighted by Gasteiger charge is 2.40. The second-order valence-electron chi connectivity index (χ2n) is 4.06. The lowest BCUT2D eigenvalue weighted by Crippen LogP contribution is -2.18. The highest BCUT2D eigenvalue weighted by atomic mass is 32.2. The monoisotopic (exact) mass is 278 g/mol. The number of carbonyl (C=O) groups excluding carboxylic acids is 1. The van der Waals surface area contributed by atoms with Gasteiger partial charge in [0, 0.05) is 18.7 Å². The molecule has 0 bridgehead atoms. The second kappa shape index (κ2) is 7.89. The number of amides is 1. The van der Waals surface area contributed by atoms with Crippen molar-refractivity contribution in [1.82, 2.24) is 4.72 Å². The smallest absolute Gasteiger partial charge is 0.233 e. The van der Waals surface area contributed by atoms with Crippen LogP contribution in [0.15, 0.2) is 41.8 Å². The van der Waals surface area contributed by atoms with Crippen LogP contribution in [0.3, 0.4) is 0 Å². The lowest BCUT2D eigenvalue weighted by Gasteiger charge is -2.08. The summed E-state index contributed by atoms with van der Waals surface area (Å²) in [6.45, 7) is 7.70. The number of para-hydroxylation sites is 1. The standard InChI is InChI=1S/C13H16N2OS.C2H6/c1-3-9-8-10(9)13(16)15-17-12-7-5-4-6-11(12)14-2;1-2/h3-7,9-10,14H,1,8H2,2H3,(H,15,16);1-2H3. The van der Waals surface area contributed by atoms with Crippen molar-refractivity contribution >= 4 is 23.5 Å². The Hall–Kier alpha value is -1.42. The molecule has 0 aromatic heterocycles. The number of hydrogen-bond donors (Lipinski definition) is 2. The van der Waals surface area contributed by atoms with Crippen molar-refractivity contribution in [2.75, 3.05) is 12.4 Å². The molecule has 1 aromatic rings. The molecule has 1 aliphatic rings. The Morgan fingerprint density at radius 2 is 2.11 bits per heavy atom. The Morgan fingerprint density at radius 3 is 2.68 bits per heavy atom. The molecule has 2 atom stereocenters. The normalized spacial score (nSPS) is 19.7. The maximum absolute atomic E-state index is 11.7. The van der Waals surface area contributed by atoms with Gasteiger partial charge in [-0.15, -0.1) is 6.58 Å². The number of carbonyl (C=O) groups is 1. The summed E-state index contributed by atoms with van der Waals surface area (Å²) >= 11 is 1.36. The van der Waals surface area contributed by atoms with Crippen molar-refractivity contribution in [1.29, 1.82) is 0 Å². The molecule has 104 valence electrons. The van der Waals surface area contributed by atoms with E-state index in [9.17, 15) is 4.79 Å². The van der Waals surface area contributed by atoms with Gasteiger partial charge < -0.3 is 5.32 Å². The number of hydrogen-bond acceptors (Lipinski definition) is 3. The van der Waals surface area contributed by atoms with E-state index < -0.39 is 0 Å². The van der Waals surface area contributed by atoms with Crippen LogP contribution in [0.4, 0.5) is 5.69 Å². The van der Waals surface area contributed by atoms with E-state index in [1.165, 1.54) is 11.9 Å². The summed E-state index contributed by atoms with van der Waals surface area (Å²) in [5.41, 5.74) is 1.02. The fraction of sp³-hybridized carbons (Fsp3) is 0.400. The molecule has 0 radical (unpaired) electrons. The summed E-state index contributed by atoms with van der Waals surface area (Å²) in [5.74, 6) is 0.600. The summed E-state index contributed by atoms with van der Waals surface area (Å²) in [5, 5.41) is 3.10. The minimum absolute atomic E-state index is 0.103. The topological polar surface area (TPSA) is 41.1 Å². The van der Waals surface area contributed by atoms with Gasteiger partial charge in [0.25, 0.3) is 0 Å². The Balaban J connectivity index is 0.000000861. The average molecular weight is 278 g/mol. The van der Waals surface area contributed by atoms with Crippen LogP contribution in [-0.2, 0) is 4.79 Å². The van der Waals surface area contributed by atoms with Gasteiger partial charge in [-0.25, -0.2) is 0 Å². The average Bonchev–Trinajstić information content (AvgIpc) is 3.27. The molecule has 1 fully saturated rings. The lowest BCUT2D eigenvalue weighted by molar-refractivity contribution is -0.120. The van der Waals surface area contributed by atoms with Gasteiger partial charge >= 0.3 is 0 Å². The first-order valence-corrected chi connectivity index (χ1v) is 7.44. The van der Waals surface area contributed by atoms with E-state index in [0.717, 1.165) is 17.0 Å². The summed E-state index contributed by atoms with van der Waals surface area (Å²) in [6.07, 6.45) is 2.79. The van der Waals surface area contributed by atoms with Gasteiger partial charge in [0.2, 0.25) is 5.91 Å². The predicted octanol–water partition coefficient (Wildman–Crippen LogP) is 3.70. The van der Waals surface area contributed by atoms with Crippen molar-refractivity contribution in [2.45, 2.75) is 25.2 Å². The maximum atomic E-state index is 11.7. The maximum Gasteiger partial charge on any atom is 0.233 e. The third-order valence-electron chi connectivity index (χ3n) is 2.90. The molecule has 1 aliphatic carbocycles. The molecule has 19 heavy (non-hydrogen) atoms. The summed E-state index contributed by atoms with van der Waals surface area (Å²) < 4.78 is 2.89. The zero-order chi connectivity index (χ0) is 14.3.